The first kappa shape index (κ1) is 14.7. The summed E-state index contributed by atoms with van der Waals surface area (Å²) in [6.07, 6.45) is 3.92. The fourth-order valence-electron chi connectivity index (χ4n) is 2.50. The van der Waals surface area contributed by atoms with Gasteiger partial charge in [0.2, 0.25) is 0 Å². The maximum Gasteiger partial charge on any atom is 0.252 e. The summed E-state index contributed by atoms with van der Waals surface area (Å²) >= 11 is 0. The molecule has 0 aliphatic carbocycles. The topological polar surface area (TPSA) is 88.5 Å². The first-order chi connectivity index (χ1) is 9.72. The van der Waals surface area contributed by atoms with Gasteiger partial charge in [0.1, 0.15) is 5.82 Å². The van der Waals surface area contributed by atoms with E-state index in [9.17, 15) is 4.79 Å². The molecule has 1 aromatic heterocycles. The van der Waals surface area contributed by atoms with Gasteiger partial charge in [-0.3, -0.25) is 9.69 Å². The number of aromatic nitrogens is 1. The van der Waals surface area contributed by atoms with Crippen LogP contribution in [0.15, 0.2) is 18.3 Å². The Morgan fingerprint density at radius 3 is 2.65 bits per heavy atom. The van der Waals surface area contributed by atoms with Crippen molar-refractivity contribution in [2.45, 2.75) is 12.8 Å². The standard InChI is InChI=1S/C14H23N5O/c15-5-1-2-7-18-8-10-19(11-9-18)14-12(13(16)20)4-3-6-17-14/h3-4,6H,1-2,5,7-11,15H2,(H2,16,20). The summed E-state index contributed by atoms with van der Waals surface area (Å²) in [4.78, 5) is 20.3. The number of nitrogens with zero attached hydrogens (tertiary/aromatic N) is 3. The highest BCUT2D eigenvalue weighted by atomic mass is 16.1. The molecule has 1 saturated heterocycles. The number of rotatable bonds is 6. The summed E-state index contributed by atoms with van der Waals surface area (Å²) in [5.74, 6) is 0.292. The summed E-state index contributed by atoms with van der Waals surface area (Å²) < 4.78 is 0. The lowest BCUT2D eigenvalue weighted by atomic mass is 10.2. The third-order valence-corrected chi connectivity index (χ3v) is 3.65. The number of pyridine rings is 1. The number of unbranched alkanes of at least 4 members (excludes halogenated alkanes) is 1. The molecule has 6 nitrogen and oxygen atoms in total. The van der Waals surface area contributed by atoms with Gasteiger partial charge in [-0.1, -0.05) is 0 Å². The second-order valence-corrected chi connectivity index (χ2v) is 5.06. The van der Waals surface area contributed by atoms with Crippen molar-refractivity contribution in [3.05, 3.63) is 23.9 Å². The average Bonchev–Trinajstić information content (AvgIpc) is 2.48. The van der Waals surface area contributed by atoms with Crippen LogP contribution < -0.4 is 16.4 Å². The van der Waals surface area contributed by atoms with Crippen LogP contribution in [-0.2, 0) is 0 Å². The number of amides is 1. The van der Waals surface area contributed by atoms with E-state index < -0.39 is 5.91 Å². The number of anilines is 1. The number of nitrogens with two attached hydrogens (primary N) is 2. The molecular weight excluding hydrogens is 254 g/mol. The van der Waals surface area contributed by atoms with E-state index in [1.165, 1.54) is 0 Å². The van der Waals surface area contributed by atoms with Crippen LogP contribution >= 0.6 is 0 Å². The molecule has 0 radical (unpaired) electrons. The molecule has 2 heterocycles. The minimum Gasteiger partial charge on any atom is -0.365 e. The third kappa shape index (κ3) is 3.68. The normalized spacial score (nSPS) is 16.4. The molecular formula is C14H23N5O. The molecule has 0 saturated carbocycles. The lowest BCUT2D eigenvalue weighted by molar-refractivity contribution is 0.1000. The summed E-state index contributed by atoms with van der Waals surface area (Å²) in [5, 5.41) is 0. The van der Waals surface area contributed by atoms with Gasteiger partial charge < -0.3 is 16.4 Å². The van der Waals surface area contributed by atoms with Gasteiger partial charge in [0.25, 0.3) is 5.91 Å². The van der Waals surface area contributed by atoms with Crippen molar-refractivity contribution in [3.63, 3.8) is 0 Å². The Hall–Kier alpha value is -1.66. The lowest BCUT2D eigenvalue weighted by Gasteiger charge is -2.35. The smallest absolute Gasteiger partial charge is 0.252 e. The summed E-state index contributed by atoms with van der Waals surface area (Å²) in [6, 6.07) is 3.48. The van der Waals surface area contributed by atoms with E-state index >= 15 is 0 Å². The molecule has 6 heteroatoms. The highest BCUT2D eigenvalue weighted by Crippen LogP contribution is 2.18. The maximum atomic E-state index is 11.4. The van der Waals surface area contributed by atoms with Crippen molar-refractivity contribution in [2.75, 3.05) is 44.2 Å². The van der Waals surface area contributed by atoms with Gasteiger partial charge in [-0.2, -0.15) is 0 Å². The van der Waals surface area contributed by atoms with E-state index in [-0.39, 0.29) is 0 Å². The first-order valence-electron chi connectivity index (χ1n) is 7.14. The quantitative estimate of drug-likeness (QED) is 0.717. The second kappa shape index (κ2) is 7.21. The lowest BCUT2D eigenvalue weighted by Crippen LogP contribution is -2.47. The largest absolute Gasteiger partial charge is 0.365 e. The minimum atomic E-state index is -0.418. The predicted molar refractivity (Wildman–Crippen MR) is 79.7 cm³/mol. The van der Waals surface area contributed by atoms with E-state index in [1.807, 2.05) is 0 Å². The summed E-state index contributed by atoms with van der Waals surface area (Å²) in [6.45, 7) is 5.57. The molecule has 1 fully saturated rings. The van der Waals surface area contributed by atoms with Gasteiger partial charge in [-0.05, 0) is 38.1 Å². The molecule has 0 bridgehead atoms. The van der Waals surface area contributed by atoms with Crippen LogP contribution in [0.2, 0.25) is 0 Å². The molecule has 2 rings (SSSR count). The van der Waals surface area contributed by atoms with Crippen LogP contribution in [0.25, 0.3) is 0 Å². The van der Waals surface area contributed by atoms with E-state index in [4.69, 9.17) is 11.5 Å². The molecule has 1 amide bonds. The van der Waals surface area contributed by atoms with Crippen LogP contribution in [0.5, 0.6) is 0 Å². The zero-order valence-electron chi connectivity index (χ0n) is 11.8. The highest BCUT2D eigenvalue weighted by Gasteiger charge is 2.21. The van der Waals surface area contributed by atoms with Crippen LogP contribution in [-0.4, -0.2) is 55.1 Å². The van der Waals surface area contributed by atoms with E-state index in [2.05, 4.69) is 14.8 Å². The van der Waals surface area contributed by atoms with Crippen LogP contribution in [0.3, 0.4) is 0 Å². The molecule has 20 heavy (non-hydrogen) atoms. The van der Waals surface area contributed by atoms with Crippen LogP contribution in [0.1, 0.15) is 23.2 Å². The Balaban J connectivity index is 1.92. The Bertz CT molecular complexity index is 443. The number of hydrogen-bond acceptors (Lipinski definition) is 5. The average molecular weight is 277 g/mol. The van der Waals surface area contributed by atoms with E-state index in [0.29, 0.717) is 11.4 Å². The Kier molecular flexibility index (Phi) is 5.31. The molecule has 0 unspecified atom stereocenters. The highest BCUT2D eigenvalue weighted by molar-refractivity contribution is 5.97. The summed E-state index contributed by atoms with van der Waals surface area (Å²) in [7, 11) is 0. The fourth-order valence-corrected chi connectivity index (χ4v) is 2.50. The third-order valence-electron chi connectivity index (χ3n) is 3.65. The van der Waals surface area contributed by atoms with Gasteiger partial charge in [0.15, 0.2) is 0 Å². The van der Waals surface area contributed by atoms with Crippen molar-refractivity contribution in [1.82, 2.24) is 9.88 Å². The summed E-state index contributed by atoms with van der Waals surface area (Å²) in [5.41, 5.74) is 11.4. The number of primary amides is 1. The number of hydrogen-bond donors (Lipinski definition) is 2. The van der Waals surface area contributed by atoms with E-state index in [1.54, 1.807) is 18.3 Å². The SMILES string of the molecule is NCCCCN1CCN(c2ncccc2C(N)=O)CC1. The van der Waals surface area contributed by atoms with Crippen molar-refractivity contribution in [1.29, 1.82) is 0 Å². The second-order valence-electron chi connectivity index (χ2n) is 5.06. The molecule has 110 valence electrons. The van der Waals surface area contributed by atoms with Gasteiger partial charge in [0.05, 0.1) is 5.56 Å². The zero-order chi connectivity index (χ0) is 14.4. The molecule has 1 aromatic rings. The van der Waals surface area contributed by atoms with Crippen molar-refractivity contribution in [2.24, 2.45) is 11.5 Å². The van der Waals surface area contributed by atoms with Crippen molar-refractivity contribution in [3.8, 4) is 0 Å². The molecule has 1 aliphatic heterocycles. The zero-order valence-corrected chi connectivity index (χ0v) is 11.8. The first-order valence-corrected chi connectivity index (χ1v) is 7.14. The Morgan fingerprint density at radius 2 is 2.00 bits per heavy atom. The van der Waals surface area contributed by atoms with Crippen molar-refractivity contribution < 1.29 is 4.79 Å². The van der Waals surface area contributed by atoms with Gasteiger partial charge in [-0.15, -0.1) is 0 Å². The molecule has 0 atom stereocenters. The van der Waals surface area contributed by atoms with Crippen molar-refractivity contribution >= 4 is 11.7 Å². The van der Waals surface area contributed by atoms with Crippen LogP contribution in [0.4, 0.5) is 5.82 Å². The maximum absolute atomic E-state index is 11.4. The predicted octanol–water partition coefficient (Wildman–Crippen LogP) is 0.0414. The molecule has 4 N–H and O–H groups in total. The number of carbonyl (C=O) groups excluding carboxylic acids is 1. The van der Waals surface area contributed by atoms with Crippen LogP contribution in [0, 0.1) is 0 Å². The monoisotopic (exact) mass is 277 g/mol. The molecule has 1 aliphatic rings. The van der Waals surface area contributed by atoms with Gasteiger partial charge in [-0.25, -0.2) is 4.98 Å². The number of carbonyl (C=O) groups is 1. The van der Waals surface area contributed by atoms with Gasteiger partial charge >= 0.3 is 0 Å². The Morgan fingerprint density at radius 1 is 1.25 bits per heavy atom. The minimum absolute atomic E-state index is 0.418. The van der Waals surface area contributed by atoms with Gasteiger partial charge in [0, 0.05) is 32.4 Å². The molecule has 0 spiro atoms. The molecule has 0 aromatic carbocycles. The number of piperazine rings is 1. The fraction of sp³-hybridized carbons (Fsp3) is 0.571. The Labute approximate surface area is 119 Å². The van der Waals surface area contributed by atoms with E-state index in [0.717, 1.165) is 52.1 Å².